The number of non-ortho nitro benzene ring substituents is 1. The molecule has 0 spiro atoms. The standard InChI is InChI=1S/C18H18F2N4O5/c1-21-18(22-8-11-3-2-4-13(5-11)24(25)26)23-9-12-6-15-16(28-10-27-15)7-14(12)29-17(19)20/h2-7,17H,8-10H2,1H3,(H2,21,22,23). The maximum Gasteiger partial charge on any atom is 0.387 e. The minimum atomic E-state index is -2.99. The molecule has 29 heavy (non-hydrogen) atoms. The molecule has 2 N–H and O–H groups in total. The number of benzene rings is 2. The van der Waals surface area contributed by atoms with E-state index in [2.05, 4.69) is 20.4 Å². The molecule has 0 radical (unpaired) electrons. The summed E-state index contributed by atoms with van der Waals surface area (Å²) in [6.45, 7) is -2.58. The Kier molecular flexibility index (Phi) is 6.27. The normalized spacial score (nSPS) is 12.8. The Morgan fingerprint density at radius 1 is 1.24 bits per heavy atom. The molecular weight excluding hydrogens is 390 g/mol. The van der Waals surface area contributed by atoms with Crippen LogP contribution in [0.3, 0.4) is 0 Å². The van der Waals surface area contributed by atoms with Crippen LogP contribution in [0.1, 0.15) is 11.1 Å². The van der Waals surface area contributed by atoms with Crippen LogP contribution >= 0.6 is 0 Å². The fraction of sp³-hybridized carbons (Fsp3) is 0.278. The number of guanidine groups is 1. The predicted molar refractivity (Wildman–Crippen MR) is 99.3 cm³/mol. The van der Waals surface area contributed by atoms with Gasteiger partial charge in [-0.3, -0.25) is 15.1 Å². The number of nitro groups is 1. The van der Waals surface area contributed by atoms with Gasteiger partial charge >= 0.3 is 6.61 Å². The minimum absolute atomic E-state index is 0.00672. The van der Waals surface area contributed by atoms with Crippen LogP contribution < -0.4 is 24.8 Å². The van der Waals surface area contributed by atoms with Gasteiger partial charge in [-0.1, -0.05) is 12.1 Å². The highest BCUT2D eigenvalue weighted by atomic mass is 19.3. The molecule has 0 unspecified atom stereocenters. The van der Waals surface area contributed by atoms with Crippen LogP contribution in [0.15, 0.2) is 41.4 Å². The Balaban J connectivity index is 1.65. The molecule has 1 aliphatic heterocycles. The molecule has 154 valence electrons. The molecule has 0 atom stereocenters. The van der Waals surface area contributed by atoms with Crippen molar-refractivity contribution in [2.45, 2.75) is 19.7 Å². The van der Waals surface area contributed by atoms with E-state index in [9.17, 15) is 18.9 Å². The highest BCUT2D eigenvalue weighted by molar-refractivity contribution is 5.79. The molecule has 0 amide bonds. The SMILES string of the molecule is CN=C(NCc1cccc([N+](=O)[O-])c1)NCc1cc2c(cc1OC(F)F)OCO2. The number of halogens is 2. The van der Waals surface area contributed by atoms with E-state index in [1.165, 1.54) is 18.2 Å². The van der Waals surface area contributed by atoms with Crippen molar-refractivity contribution in [1.29, 1.82) is 0 Å². The summed E-state index contributed by atoms with van der Waals surface area (Å²) in [6, 6.07) is 9.09. The summed E-state index contributed by atoms with van der Waals surface area (Å²) in [5, 5.41) is 16.8. The topological polar surface area (TPSA) is 107 Å². The fourth-order valence-corrected chi connectivity index (χ4v) is 2.67. The molecule has 0 fully saturated rings. The predicted octanol–water partition coefficient (Wildman–Crippen LogP) is 2.79. The zero-order chi connectivity index (χ0) is 20.8. The van der Waals surface area contributed by atoms with E-state index in [4.69, 9.17) is 9.47 Å². The molecule has 0 saturated heterocycles. The molecule has 11 heteroatoms. The van der Waals surface area contributed by atoms with Crippen molar-refractivity contribution in [2.24, 2.45) is 4.99 Å². The van der Waals surface area contributed by atoms with E-state index >= 15 is 0 Å². The largest absolute Gasteiger partial charge is 0.454 e. The lowest BCUT2D eigenvalue weighted by atomic mass is 10.1. The zero-order valence-corrected chi connectivity index (χ0v) is 15.4. The third kappa shape index (κ3) is 5.21. The van der Waals surface area contributed by atoms with Crippen molar-refractivity contribution in [3.8, 4) is 17.2 Å². The van der Waals surface area contributed by atoms with E-state index < -0.39 is 11.5 Å². The number of hydrogen-bond acceptors (Lipinski definition) is 6. The third-order valence-corrected chi connectivity index (χ3v) is 4.02. The Hall–Kier alpha value is -3.63. The quantitative estimate of drug-likeness (QED) is 0.314. The molecule has 0 saturated carbocycles. The van der Waals surface area contributed by atoms with Crippen LogP contribution in [0, 0.1) is 10.1 Å². The number of aliphatic imine (C=N–C) groups is 1. The van der Waals surface area contributed by atoms with Gasteiger partial charge < -0.3 is 24.8 Å². The van der Waals surface area contributed by atoms with Crippen LogP contribution in [-0.4, -0.2) is 31.3 Å². The highest BCUT2D eigenvalue weighted by Gasteiger charge is 2.20. The van der Waals surface area contributed by atoms with Gasteiger partial charge in [0.25, 0.3) is 5.69 Å². The second-order valence-electron chi connectivity index (χ2n) is 5.90. The van der Waals surface area contributed by atoms with Crippen LogP contribution in [0.25, 0.3) is 0 Å². The van der Waals surface area contributed by atoms with Gasteiger partial charge in [0.1, 0.15) is 5.75 Å². The maximum atomic E-state index is 12.7. The van der Waals surface area contributed by atoms with Gasteiger partial charge in [-0.05, 0) is 11.6 Å². The molecule has 2 aromatic carbocycles. The first-order valence-corrected chi connectivity index (χ1v) is 8.51. The number of fused-ring (bicyclic) bond motifs is 1. The first-order chi connectivity index (χ1) is 14.0. The number of ether oxygens (including phenoxy) is 3. The van der Waals surface area contributed by atoms with E-state index in [0.29, 0.717) is 28.6 Å². The van der Waals surface area contributed by atoms with E-state index in [-0.39, 0.29) is 31.3 Å². The lowest BCUT2D eigenvalue weighted by Crippen LogP contribution is -2.36. The number of alkyl halides is 2. The number of rotatable bonds is 7. The van der Waals surface area contributed by atoms with Gasteiger partial charge in [0.15, 0.2) is 17.5 Å². The second kappa shape index (κ2) is 9.04. The lowest BCUT2D eigenvalue weighted by Gasteiger charge is -2.15. The summed E-state index contributed by atoms with van der Waals surface area (Å²) >= 11 is 0. The van der Waals surface area contributed by atoms with Crippen molar-refractivity contribution in [2.75, 3.05) is 13.8 Å². The van der Waals surface area contributed by atoms with Gasteiger partial charge in [-0.2, -0.15) is 8.78 Å². The lowest BCUT2D eigenvalue weighted by molar-refractivity contribution is -0.384. The summed E-state index contributed by atoms with van der Waals surface area (Å²) in [5.41, 5.74) is 1.10. The maximum absolute atomic E-state index is 12.7. The number of nitro benzene ring substituents is 1. The summed E-state index contributed by atoms with van der Waals surface area (Å²) in [4.78, 5) is 14.4. The highest BCUT2D eigenvalue weighted by Crippen LogP contribution is 2.38. The number of nitrogens with zero attached hydrogens (tertiary/aromatic N) is 2. The van der Waals surface area contributed by atoms with Crippen molar-refractivity contribution in [3.63, 3.8) is 0 Å². The van der Waals surface area contributed by atoms with Crippen molar-refractivity contribution in [3.05, 3.63) is 57.6 Å². The van der Waals surface area contributed by atoms with Gasteiger partial charge in [-0.15, -0.1) is 0 Å². The van der Waals surface area contributed by atoms with Gasteiger partial charge in [0.2, 0.25) is 6.79 Å². The Morgan fingerprint density at radius 3 is 2.66 bits per heavy atom. The summed E-state index contributed by atoms with van der Waals surface area (Å²) in [7, 11) is 1.54. The molecule has 0 aliphatic carbocycles. The minimum Gasteiger partial charge on any atom is -0.454 e. The monoisotopic (exact) mass is 408 g/mol. The second-order valence-corrected chi connectivity index (χ2v) is 5.90. The van der Waals surface area contributed by atoms with Crippen LogP contribution in [0.4, 0.5) is 14.5 Å². The zero-order valence-electron chi connectivity index (χ0n) is 15.4. The van der Waals surface area contributed by atoms with Crippen molar-refractivity contribution < 1.29 is 27.9 Å². The summed E-state index contributed by atoms with van der Waals surface area (Å²) < 4.78 is 40.5. The molecule has 2 aromatic rings. The Labute approximate surface area is 164 Å². The molecule has 9 nitrogen and oxygen atoms in total. The molecule has 1 heterocycles. The van der Waals surface area contributed by atoms with E-state index in [1.807, 2.05) is 0 Å². The third-order valence-electron chi connectivity index (χ3n) is 4.02. The first-order valence-electron chi connectivity index (χ1n) is 8.51. The van der Waals surface area contributed by atoms with Gasteiger partial charge in [0, 0.05) is 43.9 Å². The molecule has 0 aromatic heterocycles. The van der Waals surface area contributed by atoms with E-state index in [1.54, 1.807) is 25.2 Å². The van der Waals surface area contributed by atoms with Crippen molar-refractivity contribution >= 4 is 11.6 Å². The molecule has 0 bridgehead atoms. The molecular formula is C18H18F2N4O5. The number of nitrogens with one attached hydrogen (secondary N) is 2. The van der Waals surface area contributed by atoms with E-state index in [0.717, 1.165) is 0 Å². The van der Waals surface area contributed by atoms with Crippen LogP contribution in [-0.2, 0) is 13.1 Å². The average Bonchev–Trinajstić information content (AvgIpc) is 3.15. The Bertz CT molecular complexity index is 923. The van der Waals surface area contributed by atoms with Gasteiger partial charge in [-0.25, -0.2) is 0 Å². The molecule has 1 aliphatic rings. The Morgan fingerprint density at radius 2 is 1.97 bits per heavy atom. The van der Waals surface area contributed by atoms with Crippen molar-refractivity contribution in [1.82, 2.24) is 10.6 Å². The van der Waals surface area contributed by atoms with Crippen LogP contribution in [0.2, 0.25) is 0 Å². The first kappa shape index (κ1) is 20.1. The van der Waals surface area contributed by atoms with Gasteiger partial charge in [0.05, 0.1) is 4.92 Å². The van der Waals surface area contributed by atoms with Crippen LogP contribution in [0.5, 0.6) is 17.2 Å². The average molecular weight is 408 g/mol. The smallest absolute Gasteiger partial charge is 0.387 e. The fourth-order valence-electron chi connectivity index (χ4n) is 2.67. The summed E-state index contributed by atoms with van der Waals surface area (Å²) in [5.74, 6) is 1.10. The summed E-state index contributed by atoms with van der Waals surface area (Å²) in [6.07, 6.45) is 0. The molecule has 3 rings (SSSR count). The number of hydrogen-bond donors (Lipinski definition) is 2.